The zero-order chi connectivity index (χ0) is 22.1. The number of alkyl halides is 3. The minimum atomic E-state index is -4.66. The van der Waals surface area contributed by atoms with Crippen LogP contribution in [-0.4, -0.2) is 31.3 Å². The van der Waals surface area contributed by atoms with Gasteiger partial charge in [-0.3, -0.25) is 10.2 Å². The normalized spacial score (nSPS) is 12.4. The van der Waals surface area contributed by atoms with Gasteiger partial charge in [0.25, 0.3) is 0 Å². The number of amides is 1. The van der Waals surface area contributed by atoms with Gasteiger partial charge < -0.3 is 15.5 Å². The minimum absolute atomic E-state index is 0.136. The maximum Gasteiger partial charge on any atom is 0.419 e. The molecule has 0 radical (unpaired) electrons. The predicted octanol–water partition coefficient (Wildman–Crippen LogP) is 4.08. The van der Waals surface area contributed by atoms with Gasteiger partial charge in [-0.2, -0.15) is 17.8 Å². The molecule has 29 heavy (non-hydrogen) atoms. The third-order valence-electron chi connectivity index (χ3n) is 3.68. The van der Waals surface area contributed by atoms with Crippen LogP contribution in [0.3, 0.4) is 0 Å². The number of carbonyl (C=O) groups is 1. The maximum absolute atomic E-state index is 12.8. The van der Waals surface area contributed by atoms with Crippen LogP contribution in [0.2, 0.25) is 5.15 Å². The number of nitrogens with one attached hydrogen (secondary N) is 2. The highest BCUT2D eigenvalue weighted by Gasteiger charge is 2.34. The van der Waals surface area contributed by atoms with Gasteiger partial charge in [-0.05, 0) is 45.9 Å². The van der Waals surface area contributed by atoms with Crippen LogP contribution < -0.4 is 10.7 Å². The van der Waals surface area contributed by atoms with Crippen molar-refractivity contribution < 1.29 is 28.2 Å². The topological polar surface area (TPSA) is 99.4 Å². The minimum Gasteiger partial charge on any atom is -0.493 e. The lowest BCUT2D eigenvalue weighted by molar-refractivity contribution is -0.137. The number of halogens is 4. The van der Waals surface area contributed by atoms with E-state index in [0.29, 0.717) is 0 Å². The van der Waals surface area contributed by atoms with Gasteiger partial charge in [0.05, 0.1) is 5.56 Å². The van der Waals surface area contributed by atoms with Gasteiger partial charge in [0.15, 0.2) is 0 Å². The number of nitrogens with zero attached hydrogens (tertiary/aromatic N) is 2. The number of hydrogen-bond acceptors (Lipinski definition) is 5. The second-order valence-corrected chi connectivity index (χ2v) is 7.60. The van der Waals surface area contributed by atoms with E-state index in [1.165, 1.54) is 19.1 Å². The first-order chi connectivity index (χ1) is 13.2. The van der Waals surface area contributed by atoms with Crippen molar-refractivity contribution >= 4 is 29.4 Å². The Morgan fingerprint density at radius 2 is 1.83 bits per heavy atom. The first kappa shape index (κ1) is 22.4. The van der Waals surface area contributed by atoms with Crippen LogP contribution in [0.4, 0.5) is 19.0 Å². The summed E-state index contributed by atoms with van der Waals surface area (Å²) in [7, 11) is 0. The molecule has 0 saturated carbocycles. The second-order valence-electron chi connectivity index (χ2n) is 7.24. The lowest BCUT2D eigenvalue weighted by Crippen LogP contribution is -2.39. The molecule has 2 aromatic rings. The standard InChI is InChI=1S/C18H20ClF3N4O3/c1-9-10(5-8-13(27)24-17(2,3)4)16(29)26(15(9)28)25-12-7-6-11(14(19)23-12)18(20,21)22/h5-8,28-29H,1-4H3,(H,23,25)(H,24,27)/b8-5+. The van der Waals surface area contributed by atoms with Crippen LogP contribution in [0.15, 0.2) is 18.2 Å². The third kappa shape index (κ3) is 5.35. The third-order valence-corrected chi connectivity index (χ3v) is 3.97. The molecule has 2 rings (SSSR count). The SMILES string of the molecule is Cc1c(/C=C/C(=O)NC(C)(C)C)c(O)n(Nc2ccc(C(F)(F)F)c(Cl)n2)c1O. The molecular formula is C18H20ClF3N4O3. The van der Waals surface area contributed by atoms with Crippen LogP contribution in [0, 0.1) is 6.92 Å². The van der Waals surface area contributed by atoms with Crippen LogP contribution >= 0.6 is 11.6 Å². The van der Waals surface area contributed by atoms with E-state index in [-0.39, 0.29) is 16.9 Å². The quantitative estimate of drug-likeness (QED) is 0.431. The Balaban J connectivity index is 2.31. The first-order valence-corrected chi connectivity index (χ1v) is 8.72. The lowest BCUT2D eigenvalue weighted by atomic mass is 10.1. The Morgan fingerprint density at radius 1 is 1.21 bits per heavy atom. The molecule has 0 unspecified atom stereocenters. The molecule has 158 valence electrons. The number of rotatable bonds is 4. The van der Waals surface area contributed by atoms with E-state index >= 15 is 0 Å². The molecule has 0 spiro atoms. The van der Waals surface area contributed by atoms with Gasteiger partial charge in [0, 0.05) is 22.7 Å². The molecular weight excluding hydrogens is 413 g/mol. The van der Waals surface area contributed by atoms with Gasteiger partial charge in [-0.1, -0.05) is 11.6 Å². The summed E-state index contributed by atoms with van der Waals surface area (Å²) in [4.78, 5) is 15.5. The van der Waals surface area contributed by atoms with Crippen molar-refractivity contribution in [3.8, 4) is 11.8 Å². The zero-order valence-electron chi connectivity index (χ0n) is 16.0. The summed E-state index contributed by atoms with van der Waals surface area (Å²) in [6, 6.07) is 1.72. The molecule has 4 N–H and O–H groups in total. The molecule has 0 aromatic carbocycles. The molecule has 0 aliphatic rings. The van der Waals surface area contributed by atoms with Crippen LogP contribution in [-0.2, 0) is 11.0 Å². The summed E-state index contributed by atoms with van der Waals surface area (Å²) in [5.74, 6) is -1.45. The van der Waals surface area contributed by atoms with E-state index in [1.54, 1.807) is 20.8 Å². The molecule has 0 atom stereocenters. The molecule has 0 aliphatic carbocycles. The highest BCUT2D eigenvalue weighted by molar-refractivity contribution is 6.30. The van der Waals surface area contributed by atoms with E-state index in [9.17, 15) is 28.2 Å². The van der Waals surface area contributed by atoms with Crippen molar-refractivity contribution in [3.63, 3.8) is 0 Å². The average molecular weight is 433 g/mol. The molecule has 0 aliphatic heterocycles. The molecule has 0 saturated heterocycles. The van der Waals surface area contributed by atoms with Crippen molar-refractivity contribution in [2.75, 3.05) is 5.43 Å². The van der Waals surface area contributed by atoms with Crippen molar-refractivity contribution in [2.45, 2.75) is 39.4 Å². The van der Waals surface area contributed by atoms with E-state index in [1.807, 2.05) is 0 Å². The second kappa shape index (κ2) is 7.86. The van der Waals surface area contributed by atoms with Crippen LogP contribution in [0.25, 0.3) is 6.08 Å². The summed E-state index contributed by atoms with van der Waals surface area (Å²) in [5, 5.41) is 22.5. The fourth-order valence-corrected chi connectivity index (χ4v) is 2.64. The van der Waals surface area contributed by atoms with Gasteiger partial charge in [0.2, 0.25) is 17.7 Å². The Labute approximate surface area is 169 Å². The number of carbonyl (C=O) groups excluding carboxylic acids is 1. The monoisotopic (exact) mass is 432 g/mol. The molecule has 0 fully saturated rings. The Morgan fingerprint density at radius 3 is 2.34 bits per heavy atom. The fraction of sp³-hybridized carbons (Fsp3) is 0.333. The number of aromatic hydroxyl groups is 2. The number of anilines is 1. The first-order valence-electron chi connectivity index (χ1n) is 8.35. The summed E-state index contributed by atoms with van der Waals surface area (Å²) < 4.78 is 39.1. The summed E-state index contributed by atoms with van der Waals surface area (Å²) in [6.07, 6.45) is -2.18. The largest absolute Gasteiger partial charge is 0.493 e. The molecule has 0 bridgehead atoms. The molecule has 2 aromatic heterocycles. The maximum atomic E-state index is 12.8. The van der Waals surface area contributed by atoms with Gasteiger partial charge in [0.1, 0.15) is 11.0 Å². The number of pyridine rings is 1. The van der Waals surface area contributed by atoms with E-state index in [2.05, 4.69) is 15.7 Å². The van der Waals surface area contributed by atoms with E-state index in [0.717, 1.165) is 16.8 Å². The Hall–Kier alpha value is -2.88. The fourth-order valence-electron chi connectivity index (χ4n) is 2.37. The highest BCUT2D eigenvalue weighted by Crippen LogP contribution is 2.36. The molecule has 2 heterocycles. The predicted molar refractivity (Wildman–Crippen MR) is 103 cm³/mol. The van der Waals surface area contributed by atoms with Gasteiger partial charge in [-0.25, -0.2) is 4.98 Å². The summed E-state index contributed by atoms with van der Waals surface area (Å²) >= 11 is 5.57. The highest BCUT2D eigenvalue weighted by atomic mass is 35.5. The van der Waals surface area contributed by atoms with Crippen molar-refractivity contribution in [1.29, 1.82) is 0 Å². The number of hydrogen-bond donors (Lipinski definition) is 4. The van der Waals surface area contributed by atoms with Crippen molar-refractivity contribution in [1.82, 2.24) is 15.0 Å². The Kier molecular flexibility index (Phi) is 6.07. The van der Waals surface area contributed by atoms with Crippen molar-refractivity contribution in [3.05, 3.63) is 40.1 Å². The molecule has 7 nitrogen and oxygen atoms in total. The van der Waals surface area contributed by atoms with E-state index < -0.39 is 40.1 Å². The van der Waals surface area contributed by atoms with E-state index in [4.69, 9.17) is 11.6 Å². The summed E-state index contributed by atoms with van der Waals surface area (Å²) in [6.45, 7) is 6.89. The Bertz CT molecular complexity index is 963. The molecule has 11 heteroatoms. The van der Waals surface area contributed by atoms with Gasteiger partial charge in [-0.15, -0.1) is 0 Å². The lowest BCUT2D eigenvalue weighted by Gasteiger charge is -2.18. The van der Waals surface area contributed by atoms with Crippen LogP contribution in [0.5, 0.6) is 11.8 Å². The van der Waals surface area contributed by atoms with Crippen LogP contribution in [0.1, 0.15) is 37.5 Å². The zero-order valence-corrected chi connectivity index (χ0v) is 16.8. The molecule has 1 amide bonds. The van der Waals surface area contributed by atoms with Gasteiger partial charge >= 0.3 is 6.18 Å². The number of aromatic nitrogens is 2. The average Bonchev–Trinajstić information content (AvgIpc) is 2.74. The summed E-state index contributed by atoms with van der Waals surface area (Å²) in [5.41, 5.74) is 1.26. The van der Waals surface area contributed by atoms with Crippen molar-refractivity contribution in [2.24, 2.45) is 0 Å². The smallest absolute Gasteiger partial charge is 0.419 e.